The van der Waals surface area contributed by atoms with E-state index in [1.807, 2.05) is 37.3 Å². The third-order valence-corrected chi connectivity index (χ3v) is 7.85. The number of aliphatic imine (C=N–C) groups is 1. The zero-order valence-electron chi connectivity index (χ0n) is 26.2. The van der Waals surface area contributed by atoms with Gasteiger partial charge < -0.3 is 28.4 Å². The van der Waals surface area contributed by atoms with Crippen molar-refractivity contribution in [3.8, 4) is 0 Å². The number of esters is 4. The van der Waals surface area contributed by atoms with Gasteiger partial charge in [0.05, 0.1) is 18.0 Å². The molecule has 5 atom stereocenters. The number of hydrogen-bond acceptors (Lipinski definition) is 13. The summed E-state index contributed by atoms with van der Waals surface area (Å²) in [6.07, 6.45) is -6.87. The average Bonchev–Trinajstić information content (AvgIpc) is 2.97. The molecule has 1 saturated heterocycles. The molecule has 2 aromatic rings. The maximum atomic E-state index is 13.2. The molecule has 0 aliphatic carbocycles. The Morgan fingerprint density at radius 1 is 0.804 bits per heavy atom. The Hall–Kier alpha value is -4.34. The van der Waals surface area contributed by atoms with Gasteiger partial charge in [-0.05, 0) is 24.6 Å². The van der Waals surface area contributed by atoms with E-state index in [-0.39, 0.29) is 30.3 Å². The maximum Gasteiger partial charge on any atom is 0.303 e. The summed E-state index contributed by atoms with van der Waals surface area (Å²) in [6, 6.07) is 15.5. The van der Waals surface area contributed by atoms with Gasteiger partial charge in [0, 0.05) is 34.1 Å². The Morgan fingerprint density at radius 3 is 1.98 bits per heavy atom. The first kappa shape index (κ1) is 36.1. The summed E-state index contributed by atoms with van der Waals surface area (Å²) in [6.45, 7) is 5.85. The Morgan fingerprint density at radius 2 is 1.39 bits per heavy atom. The van der Waals surface area contributed by atoms with Crippen molar-refractivity contribution < 1.29 is 56.0 Å². The van der Waals surface area contributed by atoms with Crippen LogP contribution in [0.5, 0.6) is 0 Å². The van der Waals surface area contributed by atoms with Crippen molar-refractivity contribution in [1.82, 2.24) is 4.72 Å². The number of amidine groups is 1. The number of nitrogens with zero attached hydrogens (tertiary/aromatic N) is 1. The monoisotopic (exact) mass is 662 g/mol. The molecule has 3 rings (SSSR count). The molecule has 0 amide bonds. The van der Waals surface area contributed by atoms with Gasteiger partial charge in [-0.25, -0.2) is 8.42 Å². The molecule has 15 heteroatoms. The maximum absolute atomic E-state index is 13.2. The molecular formula is C31H38N2O12S. The third kappa shape index (κ3) is 11.2. The van der Waals surface area contributed by atoms with Gasteiger partial charge in [0.1, 0.15) is 18.5 Å². The second-order valence-corrected chi connectivity index (χ2v) is 12.0. The molecule has 0 radical (unpaired) electrons. The van der Waals surface area contributed by atoms with E-state index in [4.69, 9.17) is 28.4 Å². The lowest BCUT2D eigenvalue weighted by molar-refractivity contribution is -0.307. The Balaban J connectivity index is 1.88. The summed E-state index contributed by atoms with van der Waals surface area (Å²) in [5.41, 5.74) is 1.71. The molecule has 1 fully saturated rings. The predicted molar refractivity (Wildman–Crippen MR) is 162 cm³/mol. The van der Waals surface area contributed by atoms with Gasteiger partial charge in [-0.3, -0.25) is 28.9 Å². The molecule has 250 valence electrons. The Kier molecular flexibility index (Phi) is 13.2. The van der Waals surface area contributed by atoms with Crippen molar-refractivity contribution in [2.45, 2.75) is 83.2 Å². The number of nitrogens with one attached hydrogen (secondary N) is 1. The van der Waals surface area contributed by atoms with Gasteiger partial charge >= 0.3 is 23.9 Å². The van der Waals surface area contributed by atoms with Crippen LogP contribution < -0.4 is 4.72 Å². The molecular weight excluding hydrogens is 624 g/mol. The van der Waals surface area contributed by atoms with E-state index in [1.165, 1.54) is 12.1 Å². The van der Waals surface area contributed by atoms with Gasteiger partial charge in [-0.2, -0.15) is 0 Å². The summed E-state index contributed by atoms with van der Waals surface area (Å²) in [7, 11) is -4.02. The summed E-state index contributed by atoms with van der Waals surface area (Å²) < 4.78 is 62.0. The van der Waals surface area contributed by atoms with Crippen molar-refractivity contribution in [2.24, 2.45) is 4.99 Å². The number of hydrogen-bond donors (Lipinski definition) is 1. The first-order valence-corrected chi connectivity index (χ1v) is 15.8. The quantitative estimate of drug-likeness (QED) is 0.143. The standard InChI is InChI=1S/C31H38N2O12S/c1-19-11-13-25(14-12-19)46(38,39)33-27(32-17-24-9-7-6-8-10-24)15-16-40-31-30(44-23(5)37)29(43-22(4)36)28(42-21(3)35)26(45-31)18-41-20(2)34/h6-14,26,28-31H,15-18H2,1-5H3,(H,32,33)/t26-,28-,29+,30-,31-/m1/s1. The van der Waals surface area contributed by atoms with Gasteiger partial charge in [-0.1, -0.05) is 48.0 Å². The largest absolute Gasteiger partial charge is 0.463 e. The van der Waals surface area contributed by atoms with E-state index < -0.39 is 71.2 Å². The third-order valence-electron chi connectivity index (χ3n) is 6.45. The SMILES string of the molecule is CC(=O)OC[C@H]1O[C@@H](OCCC(=NCc2ccccc2)NS(=O)(=O)c2ccc(C)cc2)[C@H](OC(C)=O)[C@@H](OC(C)=O)[C@@H]1OC(C)=O. The second-order valence-electron chi connectivity index (χ2n) is 10.4. The highest BCUT2D eigenvalue weighted by Gasteiger charge is 2.52. The topological polar surface area (TPSA) is 182 Å². The number of rotatable bonds is 13. The lowest BCUT2D eigenvalue weighted by Crippen LogP contribution is -2.63. The molecule has 14 nitrogen and oxygen atoms in total. The number of carbonyl (C=O) groups is 4. The lowest BCUT2D eigenvalue weighted by atomic mass is 9.98. The fourth-order valence-corrected chi connectivity index (χ4v) is 5.55. The molecule has 0 bridgehead atoms. The van der Waals surface area contributed by atoms with Crippen molar-refractivity contribution in [3.63, 3.8) is 0 Å². The molecule has 2 aromatic carbocycles. The van der Waals surface area contributed by atoms with Crippen LogP contribution in [0.25, 0.3) is 0 Å². The van der Waals surface area contributed by atoms with E-state index in [1.54, 1.807) is 12.1 Å². The first-order chi connectivity index (χ1) is 21.7. The van der Waals surface area contributed by atoms with Crippen LogP contribution >= 0.6 is 0 Å². The Labute approximate surface area is 267 Å². The smallest absolute Gasteiger partial charge is 0.303 e. The summed E-state index contributed by atoms with van der Waals surface area (Å²) in [4.78, 5) is 52.2. The minimum absolute atomic E-state index is 0.0333. The zero-order valence-corrected chi connectivity index (χ0v) is 27.0. The molecule has 46 heavy (non-hydrogen) atoms. The fourth-order valence-electron chi connectivity index (χ4n) is 4.46. The molecule has 0 unspecified atom stereocenters. The molecule has 1 aliphatic heterocycles. The number of aryl methyl sites for hydroxylation is 1. The van der Waals surface area contributed by atoms with E-state index in [0.717, 1.165) is 38.8 Å². The van der Waals surface area contributed by atoms with Gasteiger partial charge in [0.15, 0.2) is 24.6 Å². The van der Waals surface area contributed by atoms with Crippen molar-refractivity contribution >= 4 is 39.7 Å². The molecule has 1 N–H and O–H groups in total. The number of ether oxygens (including phenoxy) is 6. The van der Waals surface area contributed by atoms with E-state index in [2.05, 4.69) is 9.71 Å². The first-order valence-electron chi connectivity index (χ1n) is 14.3. The molecule has 0 aromatic heterocycles. The van der Waals surface area contributed by atoms with Crippen LogP contribution in [0.1, 0.15) is 45.2 Å². The van der Waals surface area contributed by atoms with Crippen LogP contribution in [0.2, 0.25) is 0 Å². The fraction of sp³-hybridized carbons (Fsp3) is 0.452. The highest BCUT2D eigenvalue weighted by Crippen LogP contribution is 2.30. The van der Waals surface area contributed by atoms with Crippen molar-refractivity contribution in [1.29, 1.82) is 0 Å². The summed E-state index contributed by atoms with van der Waals surface area (Å²) >= 11 is 0. The van der Waals surface area contributed by atoms with E-state index >= 15 is 0 Å². The lowest BCUT2D eigenvalue weighted by Gasteiger charge is -2.44. The van der Waals surface area contributed by atoms with Crippen LogP contribution in [0.4, 0.5) is 0 Å². The zero-order chi connectivity index (χ0) is 33.9. The predicted octanol–water partition coefficient (Wildman–Crippen LogP) is 2.36. The van der Waals surface area contributed by atoms with Crippen LogP contribution in [0.15, 0.2) is 64.5 Å². The minimum atomic E-state index is -4.02. The van der Waals surface area contributed by atoms with Gasteiger partial charge in [0.25, 0.3) is 10.0 Å². The van der Waals surface area contributed by atoms with E-state index in [0.29, 0.717) is 0 Å². The molecule has 1 aliphatic rings. The van der Waals surface area contributed by atoms with Crippen LogP contribution in [0.3, 0.4) is 0 Å². The van der Waals surface area contributed by atoms with Gasteiger partial charge in [-0.15, -0.1) is 0 Å². The normalized spacial score (nSPS) is 21.5. The van der Waals surface area contributed by atoms with Gasteiger partial charge in [0.2, 0.25) is 0 Å². The van der Waals surface area contributed by atoms with Crippen LogP contribution in [-0.4, -0.2) is 82.1 Å². The second kappa shape index (κ2) is 16.8. The number of carbonyl (C=O) groups excluding carboxylic acids is 4. The number of sulfonamides is 1. The highest BCUT2D eigenvalue weighted by molar-refractivity contribution is 7.90. The van der Waals surface area contributed by atoms with Crippen molar-refractivity contribution in [2.75, 3.05) is 13.2 Å². The minimum Gasteiger partial charge on any atom is -0.463 e. The molecule has 1 heterocycles. The number of benzene rings is 2. The molecule has 0 spiro atoms. The Bertz CT molecular complexity index is 1500. The average molecular weight is 663 g/mol. The molecule has 0 saturated carbocycles. The van der Waals surface area contributed by atoms with E-state index in [9.17, 15) is 27.6 Å². The van der Waals surface area contributed by atoms with Crippen LogP contribution in [0, 0.1) is 6.92 Å². The highest BCUT2D eigenvalue weighted by atomic mass is 32.2. The summed E-state index contributed by atoms with van der Waals surface area (Å²) in [5, 5.41) is 0. The van der Waals surface area contributed by atoms with Crippen molar-refractivity contribution in [3.05, 3.63) is 65.7 Å². The van der Waals surface area contributed by atoms with Crippen LogP contribution in [-0.2, 0) is 64.2 Å². The summed E-state index contributed by atoms with van der Waals surface area (Å²) in [5.74, 6) is -2.93.